The Bertz CT molecular complexity index is 1770. The molecular weight excluding hydrogens is 528 g/mol. The molecule has 2 aliphatic rings. The second-order valence-electron chi connectivity index (χ2n) is 11.1. The highest BCUT2D eigenvalue weighted by Crippen LogP contribution is 2.40. The van der Waals surface area contributed by atoms with Crippen LogP contribution in [0.3, 0.4) is 0 Å². The molecule has 210 valence electrons. The second-order valence-corrected chi connectivity index (χ2v) is 11.1. The van der Waals surface area contributed by atoms with Crippen LogP contribution >= 0.6 is 0 Å². The van der Waals surface area contributed by atoms with Gasteiger partial charge in [-0.3, -0.25) is 19.3 Å². The first kappa shape index (κ1) is 27.3. The average Bonchev–Trinajstić information content (AvgIpc) is 3.26. The van der Waals surface area contributed by atoms with Crippen molar-refractivity contribution in [2.75, 3.05) is 11.5 Å². The third kappa shape index (κ3) is 4.81. The van der Waals surface area contributed by atoms with Crippen LogP contribution in [0.15, 0.2) is 84.9 Å². The molecule has 42 heavy (non-hydrogen) atoms. The molecule has 7 nitrogen and oxygen atoms in total. The molecule has 1 saturated heterocycles. The van der Waals surface area contributed by atoms with Crippen LogP contribution in [-0.2, 0) is 14.3 Å². The van der Waals surface area contributed by atoms with Crippen LogP contribution in [-0.4, -0.2) is 35.2 Å². The Morgan fingerprint density at radius 1 is 0.952 bits per heavy atom. The minimum Gasteiger partial charge on any atom is -0.454 e. The van der Waals surface area contributed by atoms with E-state index in [1.807, 2.05) is 57.2 Å². The smallest absolute Gasteiger partial charge is 0.339 e. The molecule has 0 bridgehead atoms. The van der Waals surface area contributed by atoms with Crippen molar-refractivity contribution in [3.05, 3.63) is 107 Å². The third-order valence-corrected chi connectivity index (χ3v) is 8.26. The summed E-state index contributed by atoms with van der Waals surface area (Å²) in [6.45, 7) is 5.44. The fourth-order valence-corrected chi connectivity index (χ4v) is 5.92. The van der Waals surface area contributed by atoms with Crippen LogP contribution in [0, 0.1) is 31.6 Å². The molecule has 2 amide bonds. The number of Topliss-reactive ketones (excluding diaryl/α,β-unsaturated/α-hetero) is 1. The highest BCUT2D eigenvalue weighted by molar-refractivity contribution is 6.22. The number of carbonyl (C=O) groups is 4. The SMILES string of the molecule is Cc1ccc(C(=O)COC(=O)c2cc(-c3ccc(N4C(=O)C5CC=CC(C)C5C4=O)cc3)nc3c(C)cccc23)cc1. The molecule has 0 spiro atoms. The summed E-state index contributed by atoms with van der Waals surface area (Å²) in [4.78, 5) is 58.5. The Morgan fingerprint density at radius 3 is 2.40 bits per heavy atom. The van der Waals surface area contributed by atoms with E-state index >= 15 is 0 Å². The Labute approximate surface area is 243 Å². The van der Waals surface area contributed by atoms with Crippen molar-refractivity contribution in [2.45, 2.75) is 27.2 Å². The lowest BCUT2D eigenvalue weighted by Crippen LogP contribution is -2.31. The number of aryl methyl sites for hydroxylation is 2. The van der Waals surface area contributed by atoms with Gasteiger partial charge in [0.25, 0.3) is 0 Å². The molecule has 0 radical (unpaired) electrons. The van der Waals surface area contributed by atoms with Crippen molar-refractivity contribution in [3.8, 4) is 11.3 Å². The number of aromatic nitrogens is 1. The Balaban J connectivity index is 1.29. The molecule has 4 aromatic rings. The second kappa shape index (κ2) is 10.8. The summed E-state index contributed by atoms with van der Waals surface area (Å²) in [6.07, 6.45) is 4.56. The number of ketones is 1. The van der Waals surface area contributed by atoms with Gasteiger partial charge in [-0.25, -0.2) is 9.78 Å². The van der Waals surface area contributed by atoms with Crippen molar-refractivity contribution in [2.24, 2.45) is 17.8 Å². The van der Waals surface area contributed by atoms with Crippen LogP contribution in [0.2, 0.25) is 0 Å². The lowest BCUT2D eigenvalue weighted by atomic mass is 9.78. The minimum absolute atomic E-state index is 0.0138. The average molecular weight is 559 g/mol. The summed E-state index contributed by atoms with van der Waals surface area (Å²) in [7, 11) is 0. The van der Waals surface area contributed by atoms with Crippen LogP contribution in [0.4, 0.5) is 5.69 Å². The van der Waals surface area contributed by atoms with E-state index < -0.39 is 5.97 Å². The minimum atomic E-state index is -0.620. The van der Waals surface area contributed by atoms with E-state index in [1.165, 1.54) is 4.90 Å². The van der Waals surface area contributed by atoms with Gasteiger partial charge in [0.1, 0.15) is 0 Å². The fraction of sp³-hybridized carbons (Fsp3) is 0.229. The van der Waals surface area contributed by atoms with E-state index in [0.29, 0.717) is 45.4 Å². The maximum absolute atomic E-state index is 13.3. The first-order chi connectivity index (χ1) is 20.2. The van der Waals surface area contributed by atoms with Crippen LogP contribution in [0.25, 0.3) is 22.2 Å². The highest BCUT2D eigenvalue weighted by atomic mass is 16.5. The first-order valence-electron chi connectivity index (χ1n) is 14.0. The van der Waals surface area contributed by atoms with E-state index in [9.17, 15) is 19.2 Å². The molecule has 6 rings (SSSR count). The van der Waals surface area contributed by atoms with Gasteiger partial charge in [0.15, 0.2) is 12.4 Å². The largest absolute Gasteiger partial charge is 0.454 e. The van der Waals surface area contributed by atoms with Gasteiger partial charge in [0, 0.05) is 16.5 Å². The molecule has 1 fully saturated rings. The zero-order valence-electron chi connectivity index (χ0n) is 23.7. The number of imide groups is 1. The van der Waals surface area contributed by atoms with Crippen LogP contribution < -0.4 is 4.90 Å². The van der Waals surface area contributed by atoms with Crippen molar-refractivity contribution < 1.29 is 23.9 Å². The molecular formula is C35H30N2O5. The molecule has 1 aliphatic carbocycles. The number of esters is 1. The maximum atomic E-state index is 13.3. The number of anilines is 1. The molecule has 3 unspecified atom stereocenters. The number of fused-ring (bicyclic) bond motifs is 2. The molecule has 1 aromatic heterocycles. The normalized spacial score (nSPS) is 19.7. The topological polar surface area (TPSA) is 93.6 Å². The fourth-order valence-electron chi connectivity index (χ4n) is 5.92. The lowest BCUT2D eigenvalue weighted by Gasteiger charge is -2.22. The van der Waals surface area contributed by atoms with Gasteiger partial charge in [0.2, 0.25) is 11.8 Å². The highest BCUT2D eigenvalue weighted by Gasteiger charge is 2.50. The van der Waals surface area contributed by atoms with Crippen molar-refractivity contribution in [3.63, 3.8) is 0 Å². The van der Waals surface area contributed by atoms with Crippen molar-refractivity contribution in [1.82, 2.24) is 4.98 Å². The first-order valence-corrected chi connectivity index (χ1v) is 14.0. The monoisotopic (exact) mass is 558 g/mol. The van der Waals surface area contributed by atoms with Gasteiger partial charge in [-0.05, 0) is 49.9 Å². The molecule has 3 aromatic carbocycles. The van der Waals surface area contributed by atoms with Gasteiger partial charge >= 0.3 is 5.97 Å². The van der Waals surface area contributed by atoms with Gasteiger partial charge in [-0.2, -0.15) is 0 Å². The number of pyridine rings is 1. The Morgan fingerprint density at radius 2 is 1.69 bits per heavy atom. The number of ether oxygens (including phenoxy) is 1. The quantitative estimate of drug-likeness (QED) is 0.120. The zero-order valence-corrected chi connectivity index (χ0v) is 23.7. The van der Waals surface area contributed by atoms with Gasteiger partial charge < -0.3 is 4.74 Å². The number of hydrogen-bond acceptors (Lipinski definition) is 6. The summed E-state index contributed by atoms with van der Waals surface area (Å²) in [5.41, 5.74) is 5.10. The van der Waals surface area contributed by atoms with E-state index in [1.54, 1.807) is 48.5 Å². The predicted octanol–water partition coefficient (Wildman–Crippen LogP) is 6.26. The van der Waals surface area contributed by atoms with Crippen molar-refractivity contribution >= 4 is 40.2 Å². The number of nitrogens with zero attached hydrogens (tertiary/aromatic N) is 2. The summed E-state index contributed by atoms with van der Waals surface area (Å²) >= 11 is 0. The Hall–Kier alpha value is -4.91. The molecule has 3 atom stereocenters. The third-order valence-electron chi connectivity index (χ3n) is 8.26. The molecule has 0 saturated carbocycles. The number of amides is 2. The zero-order chi connectivity index (χ0) is 29.5. The van der Waals surface area contributed by atoms with E-state index in [-0.39, 0.29) is 42.0 Å². The molecule has 0 N–H and O–H groups in total. The van der Waals surface area contributed by atoms with E-state index in [4.69, 9.17) is 9.72 Å². The summed E-state index contributed by atoms with van der Waals surface area (Å²) < 4.78 is 5.48. The molecule has 1 aliphatic heterocycles. The summed E-state index contributed by atoms with van der Waals surface area (Å²) in [6, 6.07) is 21.4. The number of hydrogen-bond donors (Lipinski definition) is 0. The Kier molecular flexibility index (Phi) is 7.02. The van der Waals surface area contributed by atoms with E-state index in [2.05, 4.69) is 0 Å². The molecule has 7 heteroatoms. The number of rotatable bonds is 6. The number of benzene rings is 3. The molecule has 2 heterocycles. The van der Waals surface area contributed by atoms with Crippen molar-refractivity contribution in [1.29, 1.82) is 0 Å². The standard InChI is InChI=1S/C35H30N2O5/c1-20-10-12-24(13-11-20)30(38)19-42-35(41)28-18-29(36-32-22(3)7-5-8-26(28)32)23-14-16-25(17-15-23)37-33(39)27-9-4-6-21(2)31(27)34(37)40/h4-8,10-18,21,27,31H,9,19H2,1-3H3. The van der Waals surface area contributed by atoms with Crippen LogP contribution in [0.5, 0.6) is 0 Å². The maximum Gasteiger partial charge on any atom is 0.339 e. The number of allylic oxidation sites excluding steroid dienone is 2. The predicted molar refractivity (Wildman–Crippen MR) is 160 cm³/mol. The van der Waals surface area contributed by atoms with Gasteiger partial charge in [-0.15, -0.1) is 0 Å². The van der Waals surface area contributed by atoms with Gasteiger partial charge in [0.05, 0.1) is 34.3 Å². The van der Waals surface area contributed by atoms with E-state index in [0.717, 1.165) is 11.1 Å². The number of carbonyl (C=O) groups excluding carboxylic acids is 4. The summed E-state index contributed by atoms with van der Waals surface area (Å²) in [5.74, 6) is -1.89. The van der Waals surface area contributed by atoms with Crippen LogP contribution in [0.1, 0.15) is 45.2 Å². The lowest BCUT2D eigenvalue weighted by molar-refractivity contribution is -0.122. The van der Waals surface area contributed by atoms with Gasteiger partial charge in [-0.1, -0.05) is 79.2 Å². The number of para-hydroxylation sites is 1. The summed E-state index contributed by atoms with van der Waals surface area (Å²) in [5, 5.41) is 0.627.